The van der Waals surface area contributed by atoms with Crippen LogP contribution in [0, 0.1) is 0 Å². The molecule has 8 nitrogen and oxygen atoms in total. The van der Waals surface area contributed by atoms with Crippen molar-refractivity contribution >= 4 is 17.1 Å². The minimum atomic E-state index is -0.252. The number of benzene rings is 2. The maximum atomic E-state index is 12.8. The molecule has 0 radical (unpaired) electrons. The van der Waals surface area contributed by atoms with Gasteiger partial charge in [0.1, 0.15) is 28.6 Å². The van der Waals surface area contributed by atoms with E-state index in [1.807, 2.05) is 41.0 Å². The maximum absolute atomic E-state index is 12.8. The SMILES string of the molecule is COc1ccc(Cn2c(CNC(=O)c3cc(OC)cc(OC)c3)nc3cccnc32)cc1. The smallest absolute Gasteiger partial charge is 0.251 e. The lowest BCUT2D eigenvalue weighted by molar-refractivity contribution is 0.0949. The average molecular weight is 432 g/mol. The van der Waals surface area contributed by atoms with Crippen LogP contribution in [0.25, 0.3) is 11.2 Å². The maximum Gasteiger partial charge on any atom is 0.251 e. The third-order valence-electron chi connectivity index (χ3n) is 5.10. The Bertz CT molecular complexity index is 1210. The van der Waals surface area contributed by atoms with E-state index in [1.165, 1.54) is 0 Å². The van der Waals surface area contributed by atoms with Crippen LogP contribution in [0.15, 0.2) is 60.8 Å². The van der Waals surface area contributed by atoms with Crippen LogP contribution in [0.1, 0.15) is 21.7 Å². The molecular formula is C24H24N4O4. The summed E-state index contributed by atoms with van der Waals surface area (Å²) in [6.45, 7) is 0.806. The standard InChI is InChI=1S/C24H24N4O4/c1-30-18-8-6-16(7-9-18)15-28-22(27-21-5-4-10-25-23(21)28)14-26-24(29)17-11-19(31-2)13-20(12-17)32-3/h4-13H,14-15H2,1-3H3,(H,26,29). The zero-order valence-electron chi connectivity index (χ0n) is 18.2. The quantitative estimate of drug-likeness (QED) is 0.459. The number of carbonyl (C=O) groups is 1. The molecule has 0 bridgehead atoms. The van der Waals surface area contributed by atoms with Gasteiger partial charge in [0.15, 0.2) is 5.65 Å². The molecule has 0 spiro atoms. The number of nitrogens with zero attached hydrogens (tertiary/aromatic N) is 3. The molecule has 164 valence electrons. The Morgan fingerprint density at radius 3 is 2.28 bits per heavy atom. The number of pyridine rings is 1. The predicted octanol–water partition coefficient (Wildman–Crippen LogP) is 3.44. The fraction of sp³-hybridized carbons (Fsp3) is 0.208. The van der Waals surface area contributed by atoms with Gasteiger partial charge in [-0.1, -0.05) is 12.1 Å². The first-order valence-corrected chi connectivity index (χ1v) is 10.1. The molecule has 0 saturated heterocycles. The molecular weight excluding hydrogens is 408 g/mol. The lowest BCUT2D eigenvalue weighted by Gasteiger charge is -2.11. The summed E-state index contributed by atoms with van der Waals surface area (Å²) in [5, 5.41) is 2.94. The molecule has 0 unspecified atom stereocenters. The summed E-state index contributed by atoms with van der Waals surface area (Å²) in [6, 6.07) is 16.6. The number of nitrogens with one attached hydrogen (secondary N) is 1. The highest BCUT2D eigenvalue weighted by atomic mass is 16.5. The minimum absolute atomic E-state index is 0.241. The number of amides is 1. The largest absolute Gasteiger partial charge is 0.497 e. The Hall–Kier alpha value is -4.07. The van der Waals surface area contributed by atoms with Crippen LogP contribution in [-0.2, 0) is 13.1 Å². The fourth-order valence-electron chi connectivity index (χ4n) is 3.42. The van der Waals surface area contributed by atoms with E-state index in [0.29, 0.717) is 29.4 Å². The molecule has 2 aromatic carbocycles. The van der Waals surface area contributed by atoms with Crippen molar-refractivity contribution in [2.45, 2.75) is 13.1 Å². The summed E-state index contributed by atoms with van der Waals surface area (Å²) in [4.78, 5) is 22.0. The van der Waals surface area contributed by atoms with E-state index in [-0.39, 0.29) is 12.5 Å². The van der Waals surface area contributed by atoms with E-state index in [2.05, 4.69) is 15.3 Å². The Morgan fingerprint density at radius 1 is 0.938 bits per heavy atom. The molecule has 0 aliphatic heterocycles. The van der Waals surface area contributed by atoms with E-state index >= 15 is 0 Å². The number of carbonyl (C=O) groups excluding carboxylic acids is 1. The highest BCUT2D eigenvalue weighted by Crippen LogP contribution is 2.23. The number of aromatic nitrogens is 3. The van der Waals surface area contributed by atoms with Gasteiger partial charge in [-0.3, -0.25) is 4.79 Å². The number of rotatable bonds is 8. The number of hydrogen-bond donors (Lipinski definition) is 1. The number of ether oxygens (including phenoxy) is 3. The minimum Gasteiger partial charge on any atom is -0.497 e. The first kappa shape index (κ1) is 21.2. The summed E-state index contributed by atoms with van der Waals surface area (Å²) in [6.07, 6.45) is 1.74. The van der Waals surface area contributed by atoms with E-state index in [1.54, 1.807) is 45.7 Å². The van der Waals surface area contributed by atoms with Crippen LogP contribution in [-0.4, -0.2) is 41.8 Å². The van der Waals surface area contributed by atoms with Crippen molar-refractivity contribution in [2.75, 3.05) is 21.3 Å². The summed E-state index contributed by atoms with van der Waals surface area (Å²) in [5.41, 5.74) is 3.04. The second-order valence-electron chi connectivity index (χ2n) is 7.09. The third kappa shape index (κ3) is 4.49. The van der Waals surface area contributed by atoms with Gasteiger partial charge in [0.05, 0.1) is 34.4 Å². The molecule has 32 heavy (non-hydrogen) atoms. The predicted molar refractivity (Wildman–Crippen MR) is 120 cm³/mol. The molecule has 0 fully saturated rings. The van der Waals surface area contributed by atoms with Gasteiger partial charge in [0.25, 0.3) is 5.91 Å². The molecule has 4 rings (SSSR count). The zero-order chi connectivity index (χ0) is 22.5. The lowest BCUT2D eigenvalue weighted by Crippen LogP contribution is -2.25. The van der Waals surface area contributed by atoms with Crippen LogP contribution in [0.4, 0.5) is 0 Å². The molecule has 1 amide bonds. The lowest BCUT2D eigenvalue weighted by atomic mass is 10.2. The number of hydrogen-bond acceptors (Lipinski definition) is 6. The van der Waals surface area contributed by atoms with Crippen molar-refractivity contribution in [1.29, 1.82) is 0 Å². The first-order valence-electron chi connectivity index (χ1n) is 10.1. The number of fused-ring (bicyclic) bond motifs is 1. The number of methoxy groups -OCH3 is 3. The summed E-state index contributed by atoms with van der Waals surface area (Å²) < 4.78 is 17.8. The average Bonchev–Trinajstić information content (AvgIpc) is 3.19. The van der Waals surface area contributed by atoms with Crippen molar-refractivity contribution in [2.24, 2.45) is 0 Å². The monoisotopic (exact) mass is 432 g/mol. The van der Waals surface area contributed by atoms with Gasteiger partial charge < -0.3 is 24.1 Å². The molecule has 0 saturated carbocycles. The van der Waals surface area contributed by atoms with Crippen molar-refractivity contribution in [3.63, 3.8) is 0 Å². The molecule has 0 aliphatic carbocycles. The van der Waals surface area contributed by atoms with E-state index in [0.717, 1.165) is 22.5 Å². The van der Waals surface area contributed by atoms with Gasteiger partial charge >= 0.3 is 0 Å². The zero-order valence-corrected chi connectivity index (χ0v) is 18.2. The van der Waals surface area contributed by atoms with Gasteiger partial charge in [-0.15, -0.1) is 0 Å². The van der Waals surface area contributed by atoms with Crippen LogP contribution in [0.2, 0.25) is 0 Å². The summed E-state index contributed by atoms with van der Waals surface area (Å²) >= 11 is 0. The molecule has 1 N–H and O–H groups in total. The van der Waals surface area contributed by atoms with Gasteiger partial charge in [-0.25, -0.2) is 9.97 Å². The normalized spacial score (nSPS) is 10.7. The highest BCUT2D eigenvalue weighted by Gasteiger charge is 2.15. The Balaban J connectivity index is 1.59. The van der Waals surface area contributed by atoms with Crippen LogP contribution in [0.5, 0.6) is 17.2 Å². The van der Waals surface area contributed by atoms with Gasteiger partial charge in [-0.05, 0) is 42.0 Å². The summed E-state index contributed by atoms with van der Waals surface area (Å²) in [5.74, 6) is 2.34. The van der Waals surface area contributed by atoms with E-state index in [9.17, 15) is 4.79 Å². The third-order valence-corrected chi connectivity index (χ3v) is 5.10. The molecule has 0 atom stereocenters. The molecule has 2 aromatic heterocycles. The van der Waals surface area contributed by atoms with Gasteiger partial charge in [-0.2, -0.15) is 0 Å². The highest BCUT2D eigenvalue weighted by molar-refractivity contribution is 5.95. The summed E-state index contributed by atoms with van der Waals surface area (Å²) in [7, 11) is 4.73. The first-order chi connectivity index (χ1) is 15.6. The Kier molecular flexibility index (Phi) is 6.21. The van der Waals surface area contributed by atoms with Crippen molar-refractivity contribution < 1.29 is 19.0 Å². The van der Waals surface area contributed by atoms with Crippen molar-refractivity contribution in [3.05, 3.63) is 77.7 Å². The second kappa shape index (κ2) is 9.38. The van der Waals surface area contributed by atoms with Crippen LogP contribution >= 0.6 is 0 Å². The Morgan fingerprint density at radius 2 is 1.62 bits per heavy atom. The van der Waals surface area contributed by atoms with Gasteiger partial charge in [0.2, 0.25) is 0 Å². The van der Waals surface area contributed by atoms with E-state index in [4.69, 9.17) is 14.2 Å². The van der Waals surface area contributed by atoms with Crippen molar-refractivity contribution in [1.82, 2.24) is 19.9 Å². The fourth-order valence-corrected chi connectivity index (χ4v) is 3.42. The molecule has 0 aliphatic rings. The van der Waals surface area contributed by atoms with Crippen molar-refractivity contribution in [3.8, 4) is 17.2 Å². The molecule has 4 aromatic rings. The van der Waals surface area contributed by atoms with Gasteiger partial charge in [0, 0.05) is 17.8 Å². The molecule has 8 heteroatoms. The van der Waals surface area contributed by atoms with Crippen LogP contribution in [0.3, 0.4) is 0 Å². The van der Waals surface area contributed by atoms with E-state index < -0.39 is 0 Å². The Labute approximate surface area is 185 Å². The number of imidazole rings is 1. The molecule has 2 heterocycles. The topological polar surface area (TPSA) is 87.5 Å². The van der Waals surface area contributed by atoms with Crippen LogP contribution < -0.4 is 19.5 Å². The second-order valence-corrected chi connectivity index (χ2v) is 7.09.